The minimum Gasteiger partial charge on any atom is -0.355 e. The molecule has 3 heterocycles. The molecule has 5 nitrogen and oxygen atoms in total. The Balaban J connectivity index is 2.09. The van der Waals surface area contributed by atoms with Crippen molar-refractivity contribution in [3.8, 4) is 0 Å². The van der Waals surface area contributed by atoms with Crippen LogP contribution in [0.1, 0.15) is 25.6 Å². The van der Waals surface area contributed by atoms with Crippen LogP contribution in [0.2, 0.25) is 0 Å². The smallest absolute Gasteiger partial charge is 0.179 e. The van der Waals surface area contributed by atoms with E-state index in [1.807, 2.05) is 17.5 Å². The zero-order valence-corrected chi connectivity index (χ0v) is 9.93. The van der Waals surface area contributed by atoms with Crippen LogP contribution in [0.15, 0.2) is 19.0 Å². The lowest BCUT2D eigenvalue weighted by atomic mass is 10.3. The van der Waals surface area contributed by atoms with Crippen molar-refractivity contribution in [1.29, 1.82) is 0 Å². The number of aromatic nitrogens is 4. The lowest BCUT2D eigenvalue weighted by molar-refractivity contribution is 0.919. The number of rotatable bonds is 2. The van der Waals surface area contributed by atoms with Crippen molar-refractivity contribution in [3.63, 3.8) is 0 Å². The van der Waals surface area contributed by atoms with Gasteiger partial charge in [0.25, 0.3) is 0 Å². The third-order valence-electron chi connectivity index (χ3n) is 3.09. The number of anilines is 1. The fraction of sp³-hybridized carbons (Fsp3) is 0.417. The molecular weight excluding hydrogens is 214 g/mol. The van der Waals surface area contributed by atoms with Crippen LogP contribution in [-0.2, 0) is 0 Å². The lowest BCUT2D eigenvalue weighted by Crippen LogP contribution is -2.19. The normalized spacial score (nSPS) is 15.7. The van der Waals surface area contributed by atoms with E-state index < -0.39 is 0 Å². The second-order valence-corrected chi connectivity index (χ2v) is 4.47. The molecule has 1 aliphatic heterocycles. The first kappa shape index (κ1) is 10.3. The third-order valence-corrected chi connectivity index (χ3v) is 3.09. The highest BCUT2D eigenvalue weighted by atomic mass is 15.3. The summed E-state index contributed by atoms with van der Waals surface area (Å²) in [6, 6.07) is 0. The highest BCUT2D eigenvalue weighted by Crippen LogP contribution is 2.19. The van der Waals surface area contributed by atoms with Gasteiger partial charge in [-0.1, -0.05) is 6.58 Å². The van der Waals surface area contributed by atoms with Crippen LogP contribution in [0.5, 0.6) is 0 Å². The fourth-order valence-electron chi connectivity index (χ4n) is 2.19. The first-order valence-corrected chi connectivity index (χ1v) is 5.87. The summed E-state index contributed by atoms with van der Waals surface area (Å²) in [6.45, 7) is 8.03. The SMILES string of the molecule is C=C(C)c1nnc2cnc(N3CCCC3)cn12. The summed E-state index contributed by atoms with van der Waals surface area (Å²) in [5.74, 6) is 1.81. The van der Waals surface area contributed by atoms with Crippen LogP contribution < -0.4 is 4.90 Å². The van der Waals surface area contributed by atoms with Gasteiger partial charge in [0.2, 0.25) is 0 Å². The topological polar surface area (TPSA) is 46.3 Å². The summed E-state index contributed by atoms with van der Waals surface area (Å²) in [7, 11) is 0. The Morgan fingerprint density at radius 3 is 2.76 bits per heavy atom. The molecule has 0 N–H and O–H groups in total. The second-order valence-electron chi connectivity index (χ2n) is 4.47. The van der Waals surface area contributed by atoms with Crippen molar-refractivity contribution in [2.75, 3.05) is 18.0 Å². The van der Waals surface area contributed by atoms with Crippen LogP contribution in [0.3, 0.4) is 0 Å². The number of allylic oxidation sites excluding steroid dienone is 1. The molecule has 0 unspecified atom stereocenters. The van der Waals surface area contributed by atoms with Gasteiger partial charge in [0.1, 0.15) is 5.82 Å². The van der Waals surface area contributed by atoms with Crippen molar-refractivity contribution in [3.05, 3.63) is 24.8 Å². The van der Waals surface area contributed by atoms with Crippen LogP contribution in [0, 0.1) is 0 Å². The molecule has 1 saturated heterocycles. The van der Waals surface area contributed by atoms with E-state index in [2.05, 4.69) is 26.7 Å². The van der Waals surface area contributed by atoms with Crippen molar-refractivity contribution in [2.45, 2.75) is 19.8 Å². The summed E-state index contributed by atoms with van der Waals surface area (Å²) in [6.07, 6.45) is 6.27. The maximum Gasteiger partial charge on any atom is 0.179 e. The van der Waals surface area contributed by atoms with Crippen molar-refractivity contribution in [1.82, 2.24) is 19.6 Å². The summed E-state index contributed by atoms with van der Waals surface area (Å²) < 4.78 is 1.96. The molecular formula is C12H15N5. The van der Waals surface area contributed by atoms with Gasteiger partial charge in [-0.15, -0.1) is 10.2 Å². The Kier molecular flexibility index (Phi) is 2.31. The maximum atomic E-state index is 4.43. The minimum absolute atomic E-state index is 0.769. The van der Waals surface area contributed by atoms with Gasteiger partial charge in [-0.3, -0.25) is 4.40 Å². The quantitative estimate of drug-likeness (QED) is 0.787. The second kappa shape index (κ2) is 3.84. The first-order chi connectivity index (χ1) is 8.25. The molecule has 3 rings (SSSR count). The molecule has 0 aromatic carbocycles. The van der Waals surface area contributed by atoms with Gasteiger partial charge in [-0.05, 0) is 25.3 Å². The summed E-state index contributed by atoms with van der Waals surface area (Å²) >= 11 is 0. The largest absolute Gasteiger partial charge is 0.355 e. The Morgan fingerprint density at radius 2 is 2.06 bits per heavy atom. The molecule has 0 atom stereocenters. The molecule has 0 radical (unpaired) electrons. The number of fused-ring (bicyclic) bond motifs is 1. The van der Waals surface area contributed by atoms with E-state index >= 15 is 0 Å². The van der Waals surface area contributed by atoms with E-state index in [9.17, 15) is 0 Å². The highest BCUT2D eigenvalue weighted by Gasteiger charge is 2.15. The maximum absolute atomic E-state index is 4.43. The van der Waals surface area contributed by atoms with Gasteiger partial charge in [0.15, 0.2) is 11.5 Å². The predicted octanol–water partition coefficient (Wildman–Crippen LogP) is 1.76. The Morgan fingerprint density at radius 1 is 1.29 bits per heavy atom. The summed E-state index contributed by atoms with van der Waals surface area (Å²) in [4.78, 5) is 6.73. The van der Waals surface area contributed by atoms with Gasteiger partial charge in [-0.2, -0.15) is 0 Å². The van der Waals surface area contributed by atoms with Crippen LogP contribution >= 0.6 is 0 Å². The molecule has 2 aromatic rings. The average Bonchev–Trinajstić information content (AvgIpc) is 2.97. The first-order valence-electron chi connectivity index (χ1n) is 5.87. The zero-order chi connectivity index (χ0) is 11.8. The van der Waals surface area contributed by atoms with Gasteiger partial charge < -0.3 is 4.90 Å². The third kappa shape index (κ3) is 1.67. The van der Waals surface area contributed by atoms with Crippen molar-refractivity contribution >= 4 is 17.0 Å². The molecule has 1 fully saturated rings. The van der Waals surface area contributed by atoms with Crippen LogP contribution in [-0.4, -0.2) is 32.7 Å². The molecule has 2 aromatic heterocycles. The number of hydrogen-bond acceptors (Lipinski definition) is 4. The van der Waals surface area contributed by atoms with Gasteiger partial charge in [-0.25, -0.2) is 4.98 Å². The molecule has 1 aliphatic rings. The highest BCUT2D eigenvalue weighted by molar-refractivity contribution is 5.58. The molecule has 88 valence electrons. The lowest BCUT2D eigenvalue weighted by Gasteiger charge is -2.16. The minimum atomic E-state index is 0.769. The van der Waals surface area contributed by atoms with Crippen LogP contribution in [0.4, 0.5) is 5.82 Å². The van der Waals surface area contributed by atoms with E-state index in [0.29, 0.717) is 0 Å². The fourth-order valence-corrected chi connectivity index (χ4v) is 2.19. The van der Waals surface area contributed by atoms with Crippen molar-refractivity contribution in [2.24, 2.45) is 0 Å². The molecule has 0 bridgehead atoms. The Bertz CT molecular complexity index is 565. The number of nitrogens with zero attached hydrogens (tertiary/aromatic N) is 5. The monoisotopic (exact) mass is 229 g/mol. The molecule has 17 heavy (non-hydrogen) atoms. The van der Waals surface area contributed by atoms with E-state index in [4.69, 9.17) is 0 Å². The van der Waals surface area contributed by atoms with Gasteiger partial charge in [0, 0.05) is 13.1 Å². The van der Waals surface area contributed by atoms with E-state index in [0.717, 1.165) is 36.0 Å². The molecule has 0 amide bonds. The Hall–Kier alpha value is -1.91. The summed E-state index contributed by atoms with van der Waals surface area (Å²) in [5, 5.41) is 8.20. The zero-order valence-electron chi connectivity index (χ0n) is 9.93. The van der Waals surface area contributed by atoms with Gasteiger partial charge >= 0.3 is 0 Å². The van der Waals surface area contributed by atoms with Crippen molar-refractivity contribution < 1.29 is 0 Å². The standard InChI is InChI=1S/C12H15N5/c1-9(2)12-15-14-10-7-13-11(8-17(10)12)16-5-3-4-6-16/h7-8H,1,3-6H2,2H3. The Labute approximate surface area is 99.8 Å². The molecule has 0 aliphatic carbocycles. The molecule has 5 heteroatoms. The number of hydrogen-bond donors (Lipinski definition) is 0. The van der Waals surface area contributed by atoms with E-state index in [1.54, 1.807) is 6.20 Å². The van der Waals surface area contributed by atoms with E-state index in [-0.39, 0.29) is 0 Å². The van der Waals surface area contributed by atoms with Crippen LogP contribution in [0.25, 0.3) is 11.2 Å². The predicted molar refractivity (Wildman–Crippen MR) is 66.9 cm³/mol. The average molecular weight is 229 g/mol. The van der Waals surface area contributed by atoms with Gasteiger partial charge in [0.05, 0.1) is 12.4 Å². The molecule has 0 saturated carbocycles. The summed E-state index contributed by atoms with van der Waals surface area (Å²) in [5.41, 5.74) is 1.68. The molecule has 0 spiro atoms. The van der Waals surface area contributed by atoms with E-state index in [1.165, 1.54) is 12.8 Å².